The number of carbonyl (C=O) groups excluding carboxylic acids is 2. The van der Waals surface area contributed by atoms with Gasteiger partial charge in [0.1, 0.15) is 0 Å². The molecule has 2 aromatic heterocycles. The fourth-order valence-corrected chi connectivity index (χ4v) is 2.20. The number of anilines is 1. The van der Waals surface area contributed by atoms with E-state index in [4.69, 9.17) is 0 Å². The Morgan fingerprint density at radius 1 is 1.45 bits per heavy atom. The molecule has 11 heteroatoms. The molecule has 0 bridgehead atoms. The highest BCUT2D eigenvalue weighted by atomic mass is 32.1. The number of nitrogens with zero attached hydrogens (tertiary/aromatic N) is 3. The van der Waals surface area contributed by atoms with E-state index >= 15 is 0 Å². The first kappa shape index (κ1) is 15.9. The molecule has 2 rings (SSSR count). The average Bonchev–Trinajstić information content (AvgIpc) is 3.08. The van der Waals surface area contributed by atoms with E-state index in [-0.39, 0.29) is 11.7 Å². The van der Waals surface area contributed by atoms with Crippen LogP contribution < -0.4 is 5.32 Å². The third-order valence-electron chi connectivity index (χ3n) is 2.52. The van der Waals surface area contributed by atoms with Crippen LogP contribution in [-0.2, 0) is 22.3 Å². The van der Waals surface area contributed by atoms with Crippen LogP contribution in [0.1, 0.15) is 11.4 Å². The Labute approximate surface area is 126 Å². The highest BCUT2D eigenvalue weighted by Gasteiger charge is 2.34. The average molecular weight is 333 g/mol. The molecular weight excluding hydrogens is 323 g/mol. The molecule has 0 radical (unpaired) electrons. The lowest BCUT2D eigenvalue weighted by Gasteiger charge is -2.14. The second-order valence-corrected chi connectivity index (χ2v) is 5.09. The molecule has 0 fully saturated rings. The van der Waals surface area contributed by atoms with Crippen molar-refractivity contribution in [3.05, 3.63) is 29.3 Å². The minimum absolute atomic E-state index is 0.109. The van der Waals surface area contributed by atoms with Gasteiger partial charge in [0.2, 0.25) is 0 Å². The number of rotatable bonds is 3. The number of aromatic nitrogens is 3. The van der Waals surface area contributed by atoms with Crippen LogP contribution in [0.4, 0.5) is 18.3 Å². The first-order valence-electron chi connectivity index (χ1n) is 5.84. The van der Waals surface area contributed by atoms with Crippen molar-refractivity contribution in [2.45, 2.75) is 12.7 Å². The molecule has 0 spiro atoms. The van der Waals surface area contributed by atoms with E-state index in [0.29, 0.717) is 17.0 Å². The Hall–Kier alpha value is -2.43. The Morgan fingerprint density at radius 2 is 2.18 bits per heavy atom. The number of imidazole rings is 1. The largest absolute Gasteiger partial charge is 0.434 e. The molecule has 0 atom stereocenters. The molecule has 0 aliphatic rings. The molecular formula is C11H10F3N5O2S. The number of nitrogens with one attached hydrogen (secondary N) is 2. The van der Waals surface area contributed by atoms with Crippen molar-refractivity contribution in [3.63, 3.8) is 0 Å². The van der Waals surface area contributed by atoms with E-state index in [0.717, 1.165) is 10.3 Å². The van der Waals surface area contributed by atoms with Gasteiger partial charge in [-0.1, -0.05) is 0 Å². The highest BCUT2D eigenvalue weighted by Crippen LogP contribution is 2.31. The standard InChI is InChI=1S/C11H10F3N5O2S/c1-19(3-6-2-15-5-16-6)9(21)8(20)18-10-17-7(4-22-10)11(12,13)14/h2,4-5H,3H2,1H3,(H,15,16)(H,17,18,20). The molecule has 0 aromatic carbocycles. The number of likely N-dealkylation sites (N-methyl/N-ethyl adjacent to an activating group) is 1. The molecule has 0 saturated carbocycles. The van der Waals surface area contributed by atoms with E-state index in [1.54, 1.807) is 0 Å². The summed E-state index contributed by atoms with van der Waals surface area (Å²) in [5.41, 5.74) is -0.511. The van der Waals surface area contributed by atoms with Gasteiger partial charge in [-0.25, -0.2) is 9.97 Å². The second-order valence-electron chi connectivity index (χ2n) is 4.23. The summed E-state index contributed by atoms with van der Waals surface area (Å²) in [7, 11) is 1.38. The van der Waals surface area contributed by atoms with Gasteiger partial charge >= 0.3 is 18.0 Å². The number of thiazole rings is 1. The summed E-state index contributed by atoms with van der Waals surface area (Å²) in [6.45, 7) is 0.109. The van der Waals surface area contributed by atoms with Crippen LogP contribution in [0.5, 0.6) is 0 Å². The summed E-state index contributed by atoms with van der Waals surface area (Å²) in [6.07, 6.45) is -1.69. The Bertz CT molecular complexity index is 668. The Balaban J connectivity index is 1.96. The molecule has 22 heavy (non-hydrogen) atoms. The molecule has 0 aliphatic heterocycles. The van der Waals surface area contributed by atoms with Gasteiger partial charge in [-0.3, -0.25) is 14.9 Å². The lowest BCUT2D eigenvalue weighted by molar-refractivity contribution is -0.142. The number of H-pyrrole nitrogens is 1. The monoisotopic (exact) mass is 333 g/mol. The first-order chi connectivity index (χ1) is 10.3. The van der Waals surface area contributed by atoms with E-state index < -0.39 is 23.7 Å². The van der Waals surface area contributed by atoms with Crippen molar-refractivity contribution in [2.75, 3.05) is 12.4 Å². The zero-order valence-electron chi connectivity index (χ0n) is 11.1. The zero-order valence-corrected chi connectivity index (χ0v) is 12.0. The number of alkyl halides is 3. The molecule has 2 N–H and O–H groups in total. The van der Waals surface area contributed by atoms with Crippen LogP contribution in [0.25, 0.3) is 0 Å². The Morgan fingerprint density at radius 3 is 2.73 bits per heavy atom. The van der Waals surface area contributed by atoms with Crippen molar-refractivity contribution in [2.24, 2.45) is 0 Å². The molecule has 2 aromatic rings. The van der Waals surface area contributed by atoms with Crippen molar-refractivity contribution >= 4 is 28.3 Å². The van der Waals surface area contributed by atoms with E-state index in [1.807, 2.05) is 5.32 Å². The topological polar surface area (TPSA) is 91.0 Å². The smallest absolute Gasteiger partial charge is 0.347 e. The van der Waals surface area contributed by atoms with E-state index in [9.17, 15) is 22.8 Å². The van der Waals surface area contributed by atoms with Gasteiger partial charge in [0, 0.05) is 18.6 Å². The number of aromatic amines is 1. The van der Waals surface area contributed by atoms with Crippen LogP contribution in [0, 0.1) is 0 Å². The third kappa shape index (κ3) is 3.81. The maximum Gasteiger partial charge on any atom is 0.434 e. The molecule has 0 unspecified atom stereocenters. The van der Waals surface area contributed by atoms with Crippen molar-refractivity contribution in [1.29, 1.82) is 0 Å². The van der Waals surface area contributed by atoms with Crippen LogP contribution in [0.2, 0.25) is 0 Å². The third-order valence-corrected chi connectivity index (χ3v) is 3.28. The summed E-state index contributed by atoms with van der Waals surface area (Å²) in [4.78, 5) is 34.3. The Kier molecular flexibility index (Phi) is 4.45. The maximum atomic E-state index is 12.4. The number of carbonyl (C=O) groups is 2. The number of amides is 2. The fraction of sp³-hybridized carbons (Fsp3) is 0.273. The van der Waals surface area contributed by atoms with Gasteiger partial charge in [-0.05, 0) is 0 Å². The SMILES string of the molecule is CN(Cc1cnc[nH]1)C(=O)C(=O)Nc1nc(C(F)(F)F)cs1. The molecule has 7 nitrogen and oxygen atoms in total. The quantitative estimate of drug-likeness (QED) is 0.833. The highest BCUT2D eigenvalue weighted by molar-refractivity contribution is 7.14. The molecule has 2 heterocycles. The van der Waals surface area contributed by atoms with Gasteiger partial charge in [0.25, 0.3) is 0 Å². The minimum Gasteiger partial charge on any atom is -0.347 e. The lowest BCUT2D eigenvalue weighted by atomic mass is 10.4. The summed E-state index contributed by atoms with van der Waals surface area (Å²) in [5, 5.41) is 2.51. The van der Waals surface area contributed by atoms with Gasteiger partial charge in [-0.15, -0.1) is 11.3 Å². The zero-order chi connectivity index (χ0) is 16.3. The van der Waals surface area contributed by atoms with Crippen LogP contribution in [0.3, 0.4) is 0 Å². The summed E-state index contributed by atoms with van der Waals surface area (Å²) < 4.78 is 37.2. The predicted molar refractivity (Wildman–Crippen MR) is 70.8 cm³/mol. The van der Waals surface area contributed by atoms with Crippen molar-refractivity contribution in [3.8, 4) is 0 Å². The maximum absolute atomic E-state index is 12.4. The van der Waals surface area contributed by atoms with Gasteiger partial charge in [-0.2, -0.15) is 13.2 Å². The summed E-state index contributed by atoms with van der Waals surface area (Å²) in [6, 6.07) is 0. The number of halogens is 3. The molecule has 118 valence electrons. The molecule has 0 saturated heterocycles. The predicted octanol–water partition coefficient (Wildman–Crippen LogP) is 1.48. The van der Waals surface area contributed by atoms with Crippen molar-refractivity contribution < 1.29 is 22.8 Å². The number of hydrogen-bond donors (Lipinski definition) is 2. The molecule has 2 amide bonds. The van der Waals surface area contributed by atoms with E-state index in [2.05, 4.69) is 15.0 Å². The first-order valence-corrected chi connectivity index (χ1v) is 6.71. The van der Waals surface area contributed by atoms with Crippen LogP contribution in [0.15, 0.2) is 17.9 Å². The van der Waals surface area contributed by atoms with Crippen molar-refractivity contribution in [1.82, 2.24) is 19.9 Å². The number of hydrogen-bond acceptors (Lipinski definition) is 5. The van der Waals surface area contributed by atoms with Gasteiger partial charge < -0.3 is 9.88 Å². The van der Waals surface area contributed by atoms with Gasteiger partial charge in [0.15, 0.2) is 10.8 Å². The summed E-state index contributed by atoms with van der Waals surface area (Å²) in [5.74, 6) is -1.97. The molecule has 0 aliphatic carbocycles. The summed E-state index contributed by atoms with van der Waals surface area (Å²) >= 11 is 0.589. The fourth-order valence-electron chi connectivity index (χ4n) is 1.48. The van der Waals surface area contributed by atoms with Gasteiger partial charge in [0.05, 0.1) is 18.6 Å². The van der Waals surface area contributed by atoms with Crippen LogP contribution in [-0.4, -0.2) is 38.7 Å². The second kappa shape index (κ2) is 6.13. The van der Waals surface area contributed by atoms with Crippen LogP contribution >= 0.6 is 11.3 Å². The lowest BCUT2D eigenvalue weighted by Crippen LogP contribution is -2.36. The minimum atomic E-state index is -4.60. The normalized spacial score (nSPS) is 11.3. The van der Waals surface area contributed by atoms with E-state index in [1.165, 1.54) is 19.6 Å².